The molecule has 154 valence electrons. The van der Waals surface area contributed by atoms with Gasteiger partial charge in [-0.3, -0.25) is 9.89 Å². The monoisotopic (exact) mass is 522 g/mol. The number of hydrogen-bond donors (Lipinski definition) is 2. The minimum absolute atomic E-state index is 0. The summed E-state index contributed by atoms with van der Waals surface area (Å²) >= 11 is 4.00. The van der Waals surface area contributed by atoms with Crippen LogP contribution in [0.15, 0.2) is 22.5 Å². The van der Waals surface area contributed by atoms with E-state index >= 15 is 0 Å². The van der Waals surface area contributed by atoms with E-state index in [0.29, 0.717) is 18.0 Å². The van der Waals surface area contributed by atoms with Crippen LogP contribution in [0.25, 0.3) is 0 Å². The number of halogens is 1. The van der Waals surface area contributed by atoms with E-state index < -0.39 is 0 Å². The van der Waals surface area contributed by atoms with Crippen molar-refractivity contribution in [2.45, 2.75) is 56.4 Å². The lowest BCUT2D eigenvalue weighted by Gasteiger charge is -2.39. The molecule has 1 aliphatic heterocycles. The summed E-state index contributed by atoms with van der Waals surface area (Å²) in [5, 5.41) is 10.3. The van der Waals surface area contributed by atoms with Gasteiger partial charge in [-0.2, -0.15) is 11.8 Å². The summed E-state index contributed by atoms with van der Waals surface area (Å²) < 4.78 is 0. The first-order valence-corrected chi connectivity index (χ1v) is 12.0. The lowest BCUT2D eigenvalue weighted by atomic mass is 9.88. The third kappa shape index (κ3) is 6.51. The molecule has 4 atom stereocenters. The molecule has 1 aromatic rings. The Bertz CT molecular complexity index is 566. The minimum atomic E-state index is 0. The van der Waals surface area contributed by atoms with Crippen molar-refractivity contribution in [2.75, 3.05) is 32.9 Å². The second-order valence-electron chi connectivity index (χ2n) is 7.53. The molecule has 0 amide bonds. The Labute approximate surface area is 190 Å². The molecule has 7 heteroatoms. The van der Waals surface area contributed by atoms with Crippen LogP contribution < -0.4 is 10.6 Å². The van der Waals surface area contributed by atoms with Gasteiger partial charge >= 0.3 is 0 Å². The van der Waals surface area contributed by atoms with Crippen molar-refractivity contribution in [1.29, 1.82) is 0 Å². The summed E-state index contributed by atoms with van der Waals surface area (Å²) in [5.41, 5.74) is 0. The Morgan fingerprint density at radius 3 is 2.93 bits per heavy atom. The van der Waals surface area contributed by atoms with Crippen molar-refractivity contribution in [1.82, 2.24) is 15.5 Å². The number of guanidine groups is 1. The molecule has 4 nitrogen and oxygen atoms in total. The predicted octanol–water partition coefficient (Wildman–Crippen LogP) is 4.59. The number of piperidine rings is 1. The first kappa shape index (κ1) is 23.3. The van der Waals surface area contributed by atoms with E-state index in [1.165, 1.54) is 49.3 Å². The van der Waals surface area contributed by atoms with Gasteiger partial charge < -0.3 is 10.6 Å². The molecule has 2 heterocycles. The number of aliphatic imine (C=N–C) groups is 1. The highest BCUT2D eigenvalue weighted by Crippen LogP contribution is 2.36. The van der Waals surface area contributed by atoms with E-state index in [0.717, 1.165) is 17.8 Å². The molecule has 1 saturated carbocycles. The van der Waals surface area contributed by atoms with Gasteiger partial charge in [0.05, 0.1) is 0 Å². The van der Waals surface area contributed by atoms with Gasteiger partial charge in [0.2, 0.25) is 0 Å². The van der Waals surface area contributed by atoms with Crippen LogP contribution in [0, 0.1) is 5.92 Å². The normalized spacial score (nSPS) is 29.4. The Hall–Kier alpha value is 0.01000. The summed E-state index contributed by atoms with van der Waals surface area (Å²) in [6.07, 6.45) is 6.44. The smallest absolute Gasteiger partial charge is 0.191 e. The van der Waals surface area contributed by atoms with Gasteiger partial charge in [-0.25, -0.2) is 0 Å². The van der Waals surface area contributed by atoms with E-state index in [-0.39, 0.29) is 24.0 Å². The lowest BCUT2D eigenvalue weighted by Crippen LogP contribution is -2.47. The average Bonchev–Trinajstić information content (AvgIpc) is 3.31. The number of rotatable bonds is 6. The zero-order valence-corrected chi connectivity index (χ0v) is 20.8. The molecule has 2 N–H and O–H groups in total. The van der Waals surface area contributed by atoms with Crippen LogP contribution in [-0.2, 0) is 0 Å². The largest absolute Gasteiger partial charge is 0.356 e. The Balaban J connectivity index is 0.00000261. The van der Waals surface area contributed by atoms with Crippen molar-refractivity contribution in [3.05, 3.63) is 22.4 Å². The standard InChI is InChI=1S/C20H34N4S2.HI/c1-4-25-17-10-9-16(13-17)23-20(21-2)22-14-15-7-5-11-24(3)19(15)18-8-6-12-26-18;/h6,8,12,15-17,19H,4-5,7,9-11,13-14H2,1-3H3,(H2,21,22,23);1H. The van der Waals surface area contributed by atoms with Crippen LogP contribution in [0.1, 0.15) is 49.9 Å². The first-order valence-electron chi connectivity index (χ1n) is 10.0. The van der Waals surface area contributed by atoms with Crippen molar-refractivity contribution in [3.63, 3.8) is 0 Å². The Kier molecular flexibility index (Phi) is 10.2. The fourth-order valence-electron chi connectivity index (χ4n) is 4.46. The van der Waals surface area contributed by atoms with Gasteiger partial charge in [0.1, 0.15) is 0 Å². The molecule has 0 spiro atoms. The molecule has 2 fully saturated rings. The van der Waals surface area contributed by atoms with Crippen LogP contribution in [0.2, 0.25) is 0 Å². The maximum absolute atomic E-state index is 4.49. The van der Waals surface area contributed by atoms with Crippen molar-refractivity contribution < 1.29 is 0 Å². The highest BCUT2D eigenvalue weighted by atomic mass is 127. The number of nitrogens with one attached hydrogen (secondary N) is 2. The highest BCUT2D eigenvalue weighted by molar-refractivity contribution is 14.0. The molecule has 0 bridgehead atoms. The molecule has 1 aromatic heterocycles. The maximum Gasteiger partial charge on any atom is 0.191 e. The van der Waals surface area contributed by atoms with Crippen LogP contribution in [-0.4, -0.2) is 55.1 Å². The number of nitrogens with zero attached hydrogens (tertiary/aromatic N) is 2. The van der Waals surface area contributed by atoms with Gasteiger partial charge in [0.25, 0.3) is 0 Å². The van der Waals surface area contributed by atoms with E-state index in [1.54, 1.807) is 0 Å². The summed E-state index contributed by atoms with van der Waals surface area (Å²) in [6.45, 7) is 4.45. The second-order valence-corrected chi connectivity index (χ2v) is 10.1. The van der Waals surface area contributed by atoms with Gasteiger partial charge in [-0.1, -0.05) is 13.0 Å². The van der Waals surface area contributed by atoms with Crippen LogP contribution in [0.5, 0.6) is 0 Å². The zero-order valence-electron chi connectivity index (χ0n) is 16.8. The molecule has 0 aromatic carbocycles. The third-order valence-electron chi connectivity index (χ3n) is 5.72. The summed E-state index contributed by atoms with van der Waals surface area (Å²) in [4.78, 5) is 8.52. The molecule has 27 heavy (non-hydrogen) atoms. The van der Waals surface area contributed by atoms with E-state index in [1.807, 2.05) is 18.4 Å². The lowest BCUT2D eigenvalue weighted by molar-refractivity contribution is 0.125. The van der Waals surface area contributed by atoms with Crippen LogP contribution in [0.3, 0.4) is 0 Å². The molecule has 0 radical (unpaired) electrons. The van der Waals surface area contributed by atoms with Crippen molar-refractivity contribution >= 4 is 53.0 Å². The summed E-state index contributed by atoms with van der Waals surface area (Å²) in [7, 11) is 4.17. The molecule has 4 unspecified atom stereocenters. The number of hydrogen-bond acceptors (Lipinski definition) is 4. The Morgan fingerprint density at radius 1 is 1.37 bits per heavy atom. The summed E-state index contributed by atoms with van der Waals surface area (Å²) in [5.74, 6) is 2.84. The second kappa shape index (κ2) is 11.9. The topological polar surface area (TPSA) is 39.7 Å². The molecular weight excluding hydrogens is 487 g/mol. The minimum Gasteiger partial charge on any atom is -0.356 e. The first-order chi connectivity index (χ1) is 12.7. The Morgan fingerprint density at radius 2 is 2.22 bits per heavy atom. The molecular formula is C20H35IN4S2. The number of thioether (sulfide) groups is 1. The van der Waals surface area contributed by atoms with Crippen molar-refractivity contribution in [3.8, 4) is 0 Å². The SMILES string of the molecule is CCSC1CCC(NC(=NC)NCC2CCCN(C)C2c2cccs2)C1.I. The highest BCUT2D eigenvalue weighted by Gasteiger charge is 2.31. The van der Waals surface area contributed by atoms with Crippen molar-refractivity contribution in [2.24, 2.45) is 10.9 Å². The van der Waals surface area contributed by atoms with Crippen LogP contribution >= 0.6 is 47.1 Å². The molecule has 1 aliphatic carbocycles. The fourth-order valence-corrected chi connectivity index (χ4v) is 6.58. The fraction of sp³-hybridized carbons (Fsp3) is 0.750. The maximum atomic E-state index is 4.49. The summed E-state index contributed by atoms with van der Waals surface area (Å²) in [6, 6.07) is 5.58. The van der Waals surface area contributed by atoms with E-state index in [4.69, 9.17) is 0 Å². The molecule has 2 aliphatic rings. The molecule has 3 rings (SSSR count). The van der Waals surface area contributed by atoms with Gasteiger partial charge in [-0.05, 0) is 68.8 Å². The van der Waals surface area contributed by atoms with Gasteiger partial charge in [0, 0.05) is 35.8 Å². The van der Waals surface area contributed by atoms with E-state index in [2.05, 4.69) is 63.8 Å². The quantitative estimate of drug-likeness (QED) is 0.326. The van der Waals surface area contributed by atoms with E-state index in [9.17, 15) is 0 Å². The average molecular weight is 523 g/mol. The predicted molar refractivity (Wildman–Crippen MR) is 132 cm³/mol. The zero-order chi connectivity index (χ0) is 18.4. The number of likely N-dealkylation sites (tertiary alicyclic amines) is 1. The van der Waals surface area contributed by atoms with Crippen LogP contribution in [0.4, 0.5) is 0 Å². The third-order valence-corrected chi connectivity index (χ3v) is 7.90. The van der Waals surface area contributed by atoms with Gasteiger partial charge in [-0.15, -0.1) is 35.3 Å². The van der Waals surface area contributed by atoms with Gasteiger partial charge in [0.15, 0.2) is 5.96 Å². The number of thiophene rings is 1. The molecule has 1 saturated heterocycles.